The summed E-state index contributed by atoms with van der Waals surface area (Å²) in [6.07, 6.45) is 2.54. The predicted molar refractivity (Wildman–Crippen MR) is 117 cm³/mol. The zero-order valence-corrected chi connectivity index (χ0v) is 17.1. The Morgan fingerprint density at radius 1 is 0.967 bits per heavy atom. The molecule has 0 bridgehead atoms. The van der Waals surface area contributed by atoms with Crippen LogP contribution in [0.1, 0.15) is 11.1 Å². The normalized spacial score (nSPS) is 15.3. The highest BCUT2D eigenvalue weighted by atomic mass is 35.5. The van der Waals surface area contributed by atoms with Gasteiger partial charge in [0.05, 0.1) is 5.69 Å². The van der Waals surface area contributed by atoms with Crippen LogP contribution in [0.5, 0.6) is 0 Å². The number of nitrogens with one attached hydrogen (secondary N) is 1. The molecule has 6 rings (SSSR count). The van der Waals surface area contributed by atoms with Crippen molar-refractivity contribution in [3.63, 3.8) is 0 Å². The van der Waals surface area contributed by atoms with Crippen molar-refractivity contribution in [1.82, 2.24) is 20.1 Å². The van der Waals surface area contributed by atoms with E-state index in [4.69, 9.17) is 16.0 Å². The highest BCUT2D eigenvalue weighted by Crippen LogP contribution is 2.38. The second-order valence-electron chi connectivity index (χ2n) is 7.72. The molecule has 2 aliphatic heterocycles. The molecule has 0 aliphatic carbocycles. The van der Waals surface area contributed by atoms with Gasteiger partial charge in [0.15, 0.2) is 5.76 Å². The summed E-state index contributed by atoms with van der Waals surface area (Å²) in [6, 6.07) is 16.5. The molecule has 7 heteroatoms. The molecular weight excluding hydrogens is 398 g/mol. The predicted octanol–water partition coefficient (Wildman–Crippen LogP) is 4.16. The summed E-state index contributed by atoms with van der Waals surface area (Å²) in [5.41, 5.74) is 5.72. The lowest BCUT2D eigenvalue weighted by molar-refractivity contribution is 0.588. The first kappa shape index (κ1) is 17.7. The van der Waals surface area contributed by atoms with Crippen molar-refractivity contribution in [1.29, 1.82) is 0 Å². The monoisotopic (exact) mass is 417 g/mol. The number of piperazine rings is 1. The largest absolute Gasteiger partial charge is 0.452 e. The van der Waals surface area contributed by atoms with Crippen molar-refractivity contribution >= 4 is 17.3 Å². The summed E-state index contributed by atoms with van der Waals surface area (Å²) in [6.45, 7) is 4.08. The molecule has 4 aromatic rings. The maximum absolute atomic E-state index is 6.29. The van der Waals surface area contributed by atoms with E-state index in [9.17, 15) is 0 Å². The molecule has 2 aromatic heterocycles. The summed E-state index contributed by atoms with van der Waals surface area (Å²) in [5.74, 6) is 2.32. The Balaban J connectivity index is 1.46. The molecule has 4 heterocycles. The highest BCUT2D eigenvalue weighted by Gasteiger charge is 2.26. The van der Waals surface area contributed by atoms with E-state index < -0.39 is 0 Å². The number of aromatic nitrogens is 3. The number of rotatable bonds is 2. The number of furan rings is 1. The van der Waals surface area contributed by atoms with Crippen LogP contribution in [-0.2, 0) is 6.42 Å². The van der Waals surface area contributed by atoms with Crippen LogP contribution in [0.2, 0.25) is 5.02 Å². The summed E-state index contributed by atoms with van der Waals surface area (Å²) in [7, 11) is 0. The second kappa shape index (κ2) is 7.00. The third-order valence-corrected chi connectivity index (χ3v) is 6.13. The lowest BCUT2D eigenvalue weighted by Crippen LogP contribution is -2.43. The van der Waals surface area contributed by atoms with Crippen LogP contribution in [0.3, 0.4) is 0 Å². The molecule has 2 aromatic carbocycles. The van der Waals surface area contributed by atoms with Crippen LogP contribution in [0.4, 0.5) is 5.69 Å². The van der Waals surface area contributed by atoms with E-state index in [0.29, 0.717) is 5.02 Å². The quantitative estimate of drug-likeness (QED) is 0.467. The van der Waals surface area contributed by atoms with Crippen LogP contribution < -0.4 is 10.2 Å². The topological polar surface area (TPSA) is 59.1 Å². The van der Waals surface area contributed by atoms with E-state index in [1.54, 1.807) is 6.33 Å². The van der Waals surface area contributed by atoms with Crippen molar-refractivity contribution in [2.75, 3.05) is 31.1 Å². The molecule has 1 saturated heterocycles. The van der Waals surface area contributed by atoms with Crippen molar-refractivity contribution in [3.8, 4) is 28.6 Å². The molecule has 0 unspecified atom stereocenters. The first-order valence-corrected chi connectivity index (χ1v) is 10.5. The van der Waals surface area contributed by atoms with Crippen molar-refractivity contribution in [2.24, 2.45) is 0 Å². The molecule has 0 spiro atoms. The van der Waals surface area contributed by atoms with Gasteiger partial charge in [-0.1, -0.05) is 11.6 Å². The van der Waals surface area contributed by atoms with Crippen LogP contribution in [0, 0.1) is 0 Å². The van der Waals surface area contributed by atoms with Gasteiger partial charge in [-0.15, -0.1) is 10.2 Å². The average Bonchev–Trinajstić information content (AvgIpc) is 3.40. The van der Waals surface area contributed by atoms with E-state index in [1.165, 1.54) is 11.3 Å². The Bertz CT molecular complexity index is 1220. The molecule has 30 heavy (non-hydrogen) atoms. The van der Waals surface area contributed by atoms with Gasteiger partial charge in [0.2, 0.25) is 5.82 Å². The minimum atomic E-state index is 0.709. The van der Waals surface area contributed by atoms with Crippen molar-refractivity contribution < 1.29 is 4.42 Å². The molecule has 2 aliphatic rings. The fourth-order valence-corrected chi connectivity index (χ4v) is 4.47. The van der Waals surface area contributed by atoms with E-state index in [-0.39, 0.29) is 0 Å². The van der Waals surface area contributed by atoms with Gasteiger partial charge in [-0.25, -0.2) is 0 Å². The van der Waals surface area contributed by atoms with E-state index in [1.807, 2.05) is 28.8 Å². The Kier molecular flexibility index (Phi) is 4.14. The van der Waals surface area contributed by atoms with Crippen LogP contribution in [0.25, 0.3) is 28.6 Å². The number of fused-ring (bicyclic) bond motifs is 5. The van der Waals surface area contributed by atoms with E-state index in [0.717, 1.165) is 66.8 Å². The lowest BCUT2D eigenvalue weighted by atomic mass is 10.0. The van der Waals surface area contributed by atoms with Gasteiger partial charge in [0, 0.05) is 54.4 Å². The van der Waals surface area contributed by atoms with Crippen molar-refractivity contribution in [3.05, 3.63) is 71.0 Å². The van der Waals surface area contributed by atoms with E-state index >= 15 is 0 Å². The van der Waals surface area contributed by atoms with Crippen LogP contribution in [0.15, 0.2) is 59.3 Å². The maximum atomic E-state index is 6.29. The Labute approximate surface area is 179 Å². The Morgan fingerprint density at radius 2 is 1.80 bits per heavy atom. The summed E-state index contributed by atoms with van der Waals surface area (Å²) < 4.78 is 8.32. The summed E-state index contributed by atoms with van der Waals surface area (Å²) in [4.78, 5) is 2.43. The fourth-order valence-electron chi connectivity index (χ4n) is 4.35. The maximum Gasteiger partial charge on any atom is 0.204 e. The average molecular weight is 418 g/mol. The smallest absolute Gasteiger partial charge is 0.204 e. The molecule has 1 N–H and O–H groups in total. The molecule has 0 saturated carbocycles. The molecule has 1 fully saturated rings. The van der Waals surface area contributed by atoms with E-state index in [2.05, 4.69) is 44.7 Å². The summed E-state index contributed by atoms with van der Waals surface area (Å²) >= 11 is 6.05. The zero-order valence-electron chi connectivity index (χ0n) is 16.3. The van der Waals surface area contributed by atoms with Gasteiger partial charge in [0.25, 0.3) is 0 Å². The number of benzene rings is 2. The first-order valence-electron chi connectivity index (χ1n) is 10.1. The van der Waals surface area contributed by atoms with Gasteiger partial charge in [-0.2, -0.15) is 0 Å². The van der Waals surface area contributed by atoms with Gasteiger partial charge in [0.1, 0.15) is 12.1 Å². The number of hydrogen-bond donors (Lipinski definition) is 1. The van der Waals surface area contributed by atoms with Crippen LogP contribution >= 0.6 is 11.6 Å². The molecular formula is C23H20ClN5O. The SMILES string of the molecule is Clc1ccc(-c2cc3c(o2)-c2nncn2-c2ccc(N4CCNCC4)cc2C3)cc1. The molecule has 0 radical (unpaired) electrons. The summed E-state index contributed by atoms with van der Waals surface area (Å²) in [5, 5.41) is 12.7. The zero-order chi connectivity index (χ0) is 20.1. The molecule has 6 nitrogen and oxygen atoms in total. The third kappa shape index (κ3) is 2.91. The number of nitrogens with zero attached hydrogens (tertiary/aromatic N) is 4. The minimum Gasteiger partial charge on any atom is -0.452 e. The second-order valence-corrected chi connectivity index (χ2v) is 8.16. The molecule has 0 amide bonds. The van der Waals surface area contributed by atoms with Gasteiger partial charge < -0.3 is 14.6 Å². The van der Waals surface area contributed by atoms with Crippen LogP contribution in [-0.4, -0.2) is 40.9 Å². The third-order valence-electron chi connectivity index (χ3n) is 5.87. The number of hydrogen-bond acceptors (Lipinski definition) is 5. The van der Waals surface area contributed by atoms with Gasteiger partial charge >= 0.3 is 0 Å². The number of halogens is 1. The lowest BCUT2D eigenvalue weighted by Gasteiger charge is -2.30. The Hall–Kier alpha value is -3.09. The Morgan fingerprint density at radius 3 is 2.63 bits per heavy atom. The standard InChI is InChI=1S/C23H20ClN5O/c24-18-3-1-15(2-4-18)21-13-17-11-16-12-19(28-9-7-25-8-10-28)5-6-20(16)29-14-26-27-23(29)22(17)30-21/h1-6,12-14,25H,7-11H2. The highest BCUT2D eigenvalue weighted by molar-refractivity contribution is 6.30. The fraction of sp³-hybridized carbons (Fsp3) is 0.217. The minimum absolute atomic E-state index is 0.709. The molecule has 150 valence electrons. The van der Waals surface area contributed by atoms with Gasteiger partial charge in [-0.3, -0.25) is 4.57 Å². The molecule has 0 atom stereocenters. The number of anilines is 1. The van der Waals surface area contributed by atoms with Crippen molar-refractivity contribution in [2.45, 2.75) is 6.42 Å². The van der Waals surface area contributed by atoms with Gasteiger partial charge in [-0.05, 0) is 54.1 Å². The first-order chi connectivity index (χ1) is 14.8.